The SMILES string of the molecule is CC(C)(C)c1csc(SCC(=O)N2CCOCC2)n1. The van der Waals surface area contributed by atoms with Gasteiger partial charge in [-0.05, 0) is 0 Å². The van der Waals surface area contributed by atoms with Crippen molar-refractivity contribution in [3.8, 4) is 0 Å². The van der Waals surface area contributed by atoms with E-state index in [1.807, 2.05) is 4.90 Å². The lowest BCUT2D eigenvalue weighted by Gasteiger charge is -2.26. The molecule has 1 amide bonds. The number of thiazole rings is 1. The van der Waals surface area contributed by atoms with Gasteiger partial charge in [-0.1, -0.05) is 32.5 Å². The van der Waals surface area contributed by atoms with Crippen LogP contribution in [0.5, 0.6) is 0 Å². The predicted octanol–water partition coefficient (Wildman–Crippen LogP) is 2.39. The Hall–Kier alpha value is -0.590. The number of thioether (sulfide) groups is 1. The summed E-state index contributed by atoms with van der Waals surface area (Å²) in [5.74, 6) is 0.651. The summed E-state index contributed by atoms with van der Waals surface area (Å²) in [6, 6.07) is 0. The van der Waals surface area contributed by atoms with E-state index >= 15 is 0 Å². The Morgan fingerprint density at radius 3 is 2.74 bits per heavy atom. The monoisotopic (exact) mass is 300 g/mol. The van der Waals surface area contributed by atoms with E-state index in [1.54, 1.807) is 11.3 Å². The fourth-order valence-electron chi connectivity index (χ4n) is 1.70. The molecule has 1 aliphatic heterocycles. The van der Waals surface area contributed by atoms with Crippen molar-refractivity contribution in [2.45, 2.75) is 30.5 Å². The Morgan fingerprint density at radius 1 is 1.47 bits per heavy atom. The van der Waals surface area contributed by atoms with E-state index in [1.165, 1.54) is 11.8 Å². The first-order valence-corrected chi connectivity index (χ1v) is 8.27. The van der Waals surface area contributed by atoms with E-state index in [4.69, 9.17) is 4.74 Å². The first-order valence-electron chi connectivity index (χ1n) is 6.41. The van der Waals surface area contributed by atoms with Crippen molar-refractivity contribution >= 4 is 29.0 Å². The standard InChI is InChI=1S/C13H20N2O2S2/c1-13(2,3)10-8-18-12(14-10)19-9-11(16)15-4-6-17-7-5-15/h8H,4-7,9H2,1-3H3. The zero-order valence-corrected chi connectivity index (χ0v) is 13.3. The second kappa shape index (κ2) is 6.24. The number of ether oxygens (including phenoxy) is 1. The third kappa shape index (κ3) is 4.19. The molecule has 19 heavy (non-hydrogen) atoms. The van der Waals surface area contributed by atoms with E-state index in [-0.39, 0.29) is 11.3 Å². The lowest BCUT2D eigenvalue weighted by molar-refractivity contribution is -0.132. The molecule has 1 aromatic rings. The van der Waals surface area contributed by atoms with Gasteiger partial charge >= 0.3 is 0 Å². The maximum Gasteiger partial charge on any atom is 0.233 e. The highest BCUT2D eigenvalue weighted by atomic mass is 32.2. The number of nitrogens with zero attached hydrogens (tertiary/aromatic N) is 2. The number of hydrogen-bond acceptors (Lipinski definition) is 5. The van der Waals surface area contributed by atoms with E-state index < -0.39 is 0 Å². The molecule has 0 radical (unpaired) electrons. The topological polar surface area (TPSA) is 42.4 Å². The van der Waals surface area contributed by atoms with Gasteiger partial charge in [0.05, 0.1) is 24.7 Å². The van der Waals surface area contributed by atoms with Gasteiger partial charge in [0, 0.05) is 23.9 Å². The molecule has 6 heteroatoms. The van der Waals surface area contributed by atoms with Gasteiger partial charge in [-0.3, -0.25) is 4.79 Å². The first kappa shape index (κ1) is 14.8. The van der Waals surface area contributed by atoms with Crippen molar-refractivity contribution in [3.05, 3.63) is 11.1 Å². The summed E-state index contributed by atoms with van der Waals surface area (Å²) < 4.78 is 6.22. The smallest absolute Gasteiger partial charge is 0.233 e. The number of morpholine rings is 1. The third-order valence-electron chi connectivity index (χ3n) is 2.93. The Morgan fingerprint density at radius 2 is 2.16 bits per heavy atom. The highest BCUT2D eigenvalue weighted by Gasteiger charge is 2.20. The summed E-state index contributed by atoms with van der Waals surface area (Å²) >= 11 is 3.16. The van der Waals surface area contributed by atoms with Crippen LogP contribution >= 0.6 is 23.1 Å². The second-order valence-corrected chi connectivity index (χ2v) is 7.61. The van der Waals surface area contributed by atoms with Gasteiger partial charge in [0.25, 0.3) is 0 Å². The maximum atomic E-state index is 12.0. The summed E-state index contributed by atoms with van der Waals surface area (Å²) in [6.07, 6.45) is 0. The van der Waals surface area contributed by atoms with Crippen LogP contribution in [0.3, 0.4) is 0 Å². The Kier molecular flexibility index (Phi) is 4.86. The van der Waals surface area contributed by atoms with Gasteiger partial charge in [-0.2, -0.15) is 0 Å². The maximum absolute atomic E-state index is 12.0. The highest BCUT2D eigenvalue weighted by molar-refractivity contribution is 8.01. The number of amides is 1. The normalized spacial score (nSPS) is 16.7. The fourth-order valence-corrected chi connectivity index (χ4v) is 3.65. The molecule has 106 valence electrons. The van der Waals surface area contributed by atoms with Crippen LogP contribution in [0, 0.1) is 0 Å². The molecular formula is C13H20N2O2S2. The molecule has 2 rings (SSSR count). The molecule has 1 saturated heterocycles. The van der Waals surface area contributed by atoms with Crippen molar-refractivity contribution in [3.63, 3.8) is 0 Å². The molecule has 1 aliphatic rings. The van der Waals surface area contributed by atoms with Crippen LogP contribution in [0.2, 0.25) is 0 Å². The Labute approximate surface area is 122 Å². The average Bonchev–Trinajstić information content (AvgIpc) is 2.86. The molecule has 2 heterocycles. The van der Waals surface area contributed by atoms with Crippen molar-refractivity contribution < 1.29 is 9.53 Å². The Balaban J connectivity index is 1.85. The quantitative estimate of drug-likeness (QED) is 0.804. The van der Waals surface area contributed by atoms with Crippen LogP contribution in [0.15, 0.2) is 9.72 Å². The van der Waals surface area contributed by atoms with Crippen LogP contribution < -0.4 is 0 Å². The molecule has 0 atom stereocenters. The lowest BCUT2D eigenvalue weighted by Crippen LogP contribution is -2.41. The summed E-state index contributed by atoms with van der Waals surface area (Å²) in [5.41, 5.74) is 1.17. The number of aromatic nitrogens is 1. The zero-order valence-electron chi connectivity index (χ0n) is 11.6. The van der Waals surface area contributed by atoms with Crippen LogP contribution in [-0.4, -0.2) is 47.8 Å². The number of rotatable bonds is 3. The van der Waals surface area contributed by atoms with E-state index in [0.29, 0.717) is 32.1 Å². The molecule has 0 aliphatic carbocycles. The molecule has 0 spiro atoms. The second-order valence-electron chi connectivity index (χ2n) is 5.53. The molecule has 0 aromatic carbocycles. The molecule has 0 unspecified atom stereocenters. The number of carbonyl (C=O) groups excluding carboxylic acids is 1. The van der Waals surface area contributed by atoms with Gasteiger partial charge in [0.2, 0.25) is 5.91 Å². The molecule has 1 aromatic heterocycles. The van der Waals surface area contributed by atoms with Gasteiger partial charge in [0.15, 0.2) is 4.34 Å². The van der Waals surface area contributed by atoms with Gasteiger partial charge in [0.1, 0.15) is 0 Å². The van der Waals surface area contributed by atoms with Crippen molar-refractivity contribution in [1.29, 1.82) is 0 Å². The van der Waals surface area contributed by atoms with Gasteiger partial charge < -0.3 is 9.64 Å². The minimum absolute atomic E-state index is 0.0729. The minimum atomic E-state index is 0.0729. The predicted molar refractivity (Wildman–Crippen MR) is 78.9 cm³/mol. The van der Waals surface area contributed by atoms with Crippen molar-refractivity contribution in [1.82, 2.24) is 9.88 Å². The summed E-state index contributed by atoms with van der Waals surface area (Å²) in [5, 5.41) is 2.08. The van der Waals surface area contributed by atoms with E-state index in [9.17, 15) is 4.79 Å². The van der Waals surface area contributed by atoms with Crippen molar-refractivity contribution in [2.24, 2.45) is 0 Å². The van der Waals surface area contributed by atoms with Gasteiger partial charge in [-0.15, -0.1) is 11.3 Å². The summed E-state index contributed by atoms with van der Waals surface area (Å²) in [7, 11) is 0. The molecule has 1 fully saturated rings. The molecular weight excluding hydrogens is 280 g/mol. The summed E-state index contributed by atoms with van der Waals surface area (Å²) in [4.78, 5) is 18.5. The third-order valence-corrected chi connectivity index (χ3v) is 4.94. The zero-order chi connectivity index (χ0) is 13.9. The van der Waals surface area contributed by atoms with Crippen LogP contribution in [0.4, 0.5) is 0 Å². The molecule has 4 nitrogen and oxygen atoms in total. The fraction of sp³-hybridized carbons (Fsp3) is 0.692. The lowest BCUT2D eigenvalue weighted by atomic mass is 9.93. The number of hydrogen-bond donors (Lipinski definition) is 0. The van der Waals surface area contributed by atoms with Crippen LogP contribution in [0.25, 0.3) is 0 Å². The molecule has 0 saturated carbocycles. The average molecular weight is 300 g/mol. The molecule has 0 N–H and O–H groups in total. The largest absolute Gasteiger partial charge is 0.378 e. The van der Waals surface area contributed by atoms with Crippen molar-refractivity contribution in [2.75, 3.05) is 32.1 Å². The number of carbonyl (C=O) groups is 1. The Bertz CT molecular complexity index is 434. The first-order chi connectivity index (χ1) is 8.97. The van der Waals surface area contributed by atoms with Gasteiger partial charge in [-0.25, -0.2) is 4.98 Å². The minimum Gasteiger partial charge on any atom is -0.378 e. The van der Waals surface area contributed by atoms with Crippen LogP contribution in [0.1, 0.15) is 26.5 Å². The molecule has 0 bridgehead atoms. The van der Waals surface area contributed by atoms with E-state index in [0.717, 1.165) is 10.0 Å². The highest BCUT2D eigenvalue weighted by Crippen LogP contribution is 2.29. The van der Waals surface area contributed by atoms with Crippen LogP contribution in [-0.2, 0) is 14.9 Å². The van der Waals surface area contributed by atoms with E-state index in [2.05, 4.69) is 31.1 Å². The summed E-state index contributed by atoms with van der Waals surface area (Å²) in [6.45, 7) is 9.18.